The largest absolute Gasteiger partial charge is 0.488 e. The van der Waals surface area contributed by atoms with Crippen LogP contribution in [-0.4, -0.2) is 37.3 Å². The van der Waals surface area contributed by atoms with Gasteiger partial charge < -0.3 is 25.8 Å². The van der Waals surface area contributed by atoms with Crippen LogP contribution in [0.25, 0.3) is 0 Å². The van der Waals surface area contributed by atoms with Crippen LogP contribution in [0.3, 0.4) is 0 Å². The lowest BCUT2D eigenvalue weighted by molar-refractivity contribution is -0.139. The number of benzene rings is 3. The van der Waals surface area contributed by atoms with Gasteiger partial charge in [0.05, 0.1) is 12.7 Å². The molecule has 34 heavy (non-hydrogen) atoms. The fraction of sp³-hybridized carbons (Fsp3) is 0.120. The van der Waals surface area contributed by atoms with Crippen LogP contribution < -0.4 is 21.1 Å². The van der Waals surface area contributed by atoms with Crippen molar-refractivity contribution >= 4 is 29.4 Å². The monoisotopic (exact) mass is 461 g/mol. The van der Waals surface area contributed by atoms with E-state index in [2.05, 4.69) is 15.4 Å². The van der Waals surface area contributed by atoms with Crippen molar-refractivity contribution in [2.75, 3.05) is 19.0 Å². The van der Waals surface area contributed by atoms with E-state index in [0.717, 1.165) is 0 Å². The minimum absolute atomic E-state index is 0.126. The van der Waals surface area contributed by atoms with E-state index in [1.54, 1.807) is 66.7 Å². The zero-order valence-electron chi connectivity index (χ0n) is 18.4. The zero-order valence-corrected chi connectivity index (χ0v) is 18.4. The molecular formula is C25H23N3O6. The quantitative estimate of drug-likeness (QED) is 0.419. The van der Waals surface area contributed by atoms with E-state index < -0.39 is 17.8 Å². The number of amides is 3. The molecule has 0 saturated heterocycles. The Kier molecular flexibility index (Phi) is 7.96. The van der Waals surface area contributed by atoms with E-state index in [1.807, 2.05) is 0 Å². The minimum Gasteiger partial charge on any atom is -0.488 e. The van der Waals surface area contributed by atoms with Crippen LogP contribution in [0.2, 0.25) is 0 Å². The lowest BCUT2D eigenvalue weighted by atomic mass is 10.1. The fourth-order valence-electron chi connectivity index (χ4n) is 3.03. The van der Waals surface area contributed by atoms with Crippen molar-refractivity contribution in [3.63, 3.8) is 0 Å². The maximum atomic E-state index is 12.7. The molecule has 3 rings (SSSR count). The normalized spacial score (nSPS) is 10.1. The maximum absolute atomic E-state index is 12.7. The molecule has 4 N–H and O–H groups in total. The number of methoxy groups -OCH3 is 1. The topological polar surface area (TPSA) is 137 Å². The van der Waals surface area contributed by atoms with Gasteiger partial charge >= 0.3 is 5.97 Å². The highest BCUT2D eigenvalue weighted by Gasteiger charge is 2.12. The Morgan fingerprint density at radius 1 is 0.853 bits per heavy atom. The zero-order chi connectivity index (χ0) is 24.5. The predicted octanol–water partition coefficient (Wildman–Crippen LogP) is 2.52. The van der Waals surface area contributed by atoms with Crippen molar-refractivity contribution in [1.82, 2.24) is 5.32 Å². The lowest BCUT2D eigenvalue weighted by Gasteiger charge is -2.11. The summed E-state index contributed by atoms with van der Waals surface area (Å²) in [7, 11) is 1.23. The minimum atomic E-state index is -0.593. The Morgan fingerprint density at radius 2 is 1.56 bits per heavy atom. The molecule has 0 fully saturated rings. The molecule has 0 spiro atoms. The van der Waals surface area contributed by atoms with Crippen LogP contribution in [0.15, 0.2) is 72.8 Å². The number of carbonyl (C=O) groups excluding carboxylic acids is 4. The van der Waals surface area contributed by atoms with Gasteiger partial charge in [0.2, 0.25) is 0 Å². The number of hydrogen-bond acceptors (Lipinski definition) is 6. The van der Waals surface area contributed by atoms with Crippen LogP contribution in [-0.2, 0) is 16.1 Å². The third-order valence-electron chi connectivity index (χ3n) is 4.74. The first kappa shape index (κ1) is 24.0. The molecule has 0 aromatic heterocycles. The van der Waals surface area contributed by atoms with Gasteiger partial charge in [-0.15, -0.1) is 0 Å². The lowest BCUT2D eigenvalue weighted by Crippen LogP contribution is -2.30. The number of anilines is 1. The first-order valence-electron chi connectivity index (χ1n) is 10.2. The first-order chi connectivity index (χ1) is 16.4. The molecule has 3 aromatic rings. The number of nitrogens with two attached hydrogens (primary N) is 1. The molecule has 0 atom stereocenters. The number of para-hydroxylation sites is 1. The summed E-state index contributed by atoms with van der Waals surface area (Å²) in [6.07, 6.45) is 0. The van der Waals surface area contributed by atoms with Crippen LogP contribution in [0.4, 0.5) is 5.69 Å². The van der Waals surface area contributed by atoms with E-state index >= 15 is 0 Å². The second-order valence-electron chi connectivity index (χ2n) is 7.14. The van der Waals surface area contributed by atoms with Gasteiger partial charge in [-0.25, -0.2) is 0 Å². The molecule has 9 heteroatoms. The molecule has 0 heterocycles. The summed E-state index contributed by atoms with van der Waals surface area (Å²) in [6.45, 7) is -0.133. The molecule has 0 bridgehead atoms. The summed E-state index contributed by atoms with van der Waals surface area (Å²) < 4.78 is 10.2. The van der Waals surface area contributed by atoms with Gasteiger partial charge in [0.15, 0.2) is 0 Å². The summed E-state index contributed by atoms with van der Waals surface area (Å²) >= 11 is 0. The number of primary amides is 1. The summed E-state index contributed by atoms with van der Waals surface area (Å²) in [4.78, 5) is 47.7. The Hall–Kier alpha value is -4.66. The fourth-order valence-corrected chi connectivity index (χ4v) is 3.03. The van der Waals surface area contributed by atoms with Crippen molar-refractivity contribution in [3.8, 4) is 5.75 Å². The van der Waals surface area contributed by atoms with Gasteiger partial charge in [-0.3, -0.25) is 19.2 Å². The molecule has 3 amide bonds. The van der Waals surface area contributed by atoms with Crippen molar-refractivity contribution in [2.45, 2.75) is 6.61 Å². The van der Waals surface area contributed by atoms with E-state index in [0.29, 0.717) is 22.6 Å². The van der Waals surface area contributed by atoms with Crippen LogP contribution >= 0.6 is 0 Å². The number of esters is 1. The van der Waals surface area contributed by atoms with Crippen molar-refractivity contribution < 1.29 is 28.7 Å². The molecule has 0 aliphatic rings. The summed E-state index contributed by atoms with van der Waals surface area (Å²) in [5, 5.41) is 5.18. The molecule has 0 radical (unpaired) electrons. The van der Waals surface area contributed by atoms with Gasteiger partial charge in [0, 0.05) is 16.8 Å². The smallest absolute Gasteiger partial charge is 0.325 e. The summed E-state index contributed by atoms with van der Waals surface area (Å²) in [5.74, 6) is -1.67. The SMILES string of the molecule is COC(=O)CNC(=O)c1cccc(NC(=O)c2cccc(COc3ccccc3C(N)=O)c2)c1. The summed E-state index contributed by atoms with van der Waals surface area (Å²) in [5.41, 5.74) is 7.41. The second kappa shape index (κ2) is 11.3. The highest BCUT2D eigenvalue weighted by molar-refractivity contribution is 6.05. The second-order valence-corrected chi connectivity index (χ2v) is 7.14. The highest BCUT2D eigenvalue weighted by Crippen LogP contribution is 2.19. The number of hydrogen-bond donors (Lipinski definition) is 3. The van der Waals surface area contributed by atoms with Crippen LogP contribution in [0.1, 0.15) is 36.6 Å². The van der Waals surface area contributed by atoms with Crippen molar-refractivity contribution in [3.05, 3.63) is 95.1 Å². The Balaban J connectivity index is 1.65. The first-order valence-corrected chi connectivity index (χ1v) is 10.2. The average molecular weight is 461 g/mol. The van der Waals surface area contributed by atoms with Crippen LogP contribution in [0, 0.1) is 0 Å². The van der Waals surface area contributed by atoms with Gasteiger partial charge in [-0.2, -0.15) is 0 Å². The molecule has 0 saturated carbocycles. The number of nitrogens with one attached hydrogen (secondary N) is 2. The Morgan fingerprint density at radius 3 is 2.29 bits per heavy atom. The van der Waals surface area contributed by atoms with E-state index in [4.69, 9.17) is 10.5 Å². The standard InChI is InChI=1S/C25H23N3O6/c1-33-22(29)14-27-24(31)18-8-5-9-19(13-18)28-25(32)17-7-4-6-16(12-17)15-34-21-11-3-2-10-20(21)23(26)30/h2-13H,14-15H2,1H3,(H2,26,30)(H,27,31)(H,28,32). The molecule has 174 valence electrons. The Bertz CT molecular complexity index is 1220. The molecular weight excluding hydrogens is 438 g/mol. The van der Waals surface area contributed by atoms with E-state index in [9.17, 15) is 19.2 Å². The molecule has 3 aromatic carbocycles. The van der Waals surface area contributed by atoms with E-state index in [-0.39, 0.29) is 30.2 Å². The third-order valence-corrected chi connectivity index (χ3v) is 4.74. The Labute approximate surface area is 195 Å². The predicted molar refractivity (Wildman–Crippen MR) is 124 cm³/mol. The highest BCUT2D eigenvalue weighted by atomic mass is 16.5. The van der Waals surface area contributed by atoms with Gasteiger partial charge in [0.25, 0.3) is 17.7 Å². The van der Waals surface area contributed by atoms with Crippen molar-refractivity contribution in [1.29, 1.82) is 0 Å². The molecule has 0 aliphatic heterocycles. The third kappa shape index (κ3) is 6.42. The number of ether oxygens (including phenoxy) is 2. The molecule has 9 nitrogen and oxygen atoms in total. The summed E-state index contributed by atoms with van der Waals surface area (Å²) in [6, 6.07) is 19.8. The number of rotatable bonds is 9. The van der Waals surface area contributed by atoms with Gasteiger partial charge in [0.1, 0.15) is 18.9 Å². The average Bonchev–Trinajstić information content (AvgIpc) is 2.86. The van der Waals surface area contributed by atoms with Crippen LogP contribution in [0.5, 0.6) is 5.75 Å². The molecule has 0 unspecified atom stereocenters. The number of carbonyl (C=O) groups is 4. The van der Waals surface area contributed by atoms with Crippen molar-refractivity contribution in [2.24, 2.45) is 5.73 Å². The maximum Gasteiger partial charge on any atom is 0.325 e. The molecule has 0 aliphatic carbocycles. The van der Waals surface area contributed by atoms with E-state index in [1.165, 1.54) is 13.2 Å². The van der Waals surface area contributed by atoms with Gasteiger partial charge in [-0.1, -0.05) is 30.3 Å². The van der Waals surface area contributed by atoms with Gasteiger partial charge in [-0.05, 0) is 48.0 Å².